The SMILES string of the molecule is CC(=O)N(C(=O)C(=O)N(C)C1CCN(C)CC1)c1cccc(N)c1. The van der Waals surface area contributed by atoms with Crippen molar-refractivity contribution in [2.24, 2.45) is 0 Å². The molecule has 24 heavy (non-hydrogen) atoms. The van der Waals surface area contributed by atoms with Crippen LogP contribution in [0.1, 0.15) is 19.8 Å². The lowest BCUT2D eigenvalue weighted by atomic mass is 10.0. The Morgan fingerprint density at radius 1 is 1.17 bits per heavy atom. The number of carbonyl (C=O) groups excluding carboxylic acids is 3. The van der Waals surface area contributed by atoms with Crippen molar-refractivity contribution in [1.82, 2.24) is 9.80 Å². The van der Waals surface area contributed by atoms with Crippen LogP contribution in [0.2, 0.25) is 0 Å². The van der Waals surface area contributed by atoms with Gasteiger partial charge in [0.1, 0.15) is 0 Å². The maximum atomic E-state index is 12.6. The van der Waals surface area contributed by atoms with Crippen molar-refractivity contribution in [3.05, 3.63) is 24.3 Å². The van der Waals surface area contributed by atoms with Gasteiger partial charge in [0.2, 0.25) is 5.91 Å². The van der Waals surface area contributed by atoms with Gasteiger partial charge in [-0.1, -0.05) is 6.07 Å². The molecule has 0 radical (unpaired) electrons. The predicted molar refractivity (Wildman–Crippen MR) is 92.3 cm³/mol. The summed E-state index contributed by atoms with van der Waals surface area (Å²) in [6.45, 7) is 3.01. The van der Waals surface area contributed by atoms with E-state index in [0.717, 1.165) is 30.8 Å². The van der Waals surface area contributed by atoms with Crippen molar-refractivity contribution >= 4 is 29.1 Å². The Kier molecular flexibility index (Phi) is 5.56. The lowest BCUT2D eigenvalue weighted by Crippen LogP contribution is -2.51. The molecule has 0 bridgehead atoms. The van der Waals surface area contributed by atoms with E-state index in [1.807, 2.05) is 7.05 Å². The van der Waals surface area contributed by atoms with Crippen LogP contribution >= 0.6 is 0 Å². The molecule has 2 N–H and O–H groups in total. The van der Waals surface area contributed by atoms with Gasteiger partial charge in [0, 0.05) is 25.7 Å². The lowest BCUT2D eigenvalue weighted by molar-refractivity contribution is -0.146. The molecular formula is C17H24N4O3. The van der Waals surface area contributed by atoms with E-state index in [1.165, 1.54) is 17.9 Å². The number of anilines is 2. The Morgan fingerprint density at radius 2 is 1.79 bits per heavy atom. The van der Waals surface area contributed by atoms with Gasteiger partial charge in [-0.3, -0.25) is 14.4 Å². The molecule has 1 fully saturated rings. The highest BCUT2D eigenvalue weighted by molar-refractivity contribution is 6.45. The first-order valence-corrected chi connectivity index (χ1v) is 7.97. The molecular weight excluding hydrogens is 308 g/mol. The Morgan fingerprint density at radius 3 is 2.33 bits per heavy atom. The van der Waals surface area contributed by atoms with Crippen LogP contribution in [-0.2, 0) is 14.4 Å². The number of carbonyl (C=O) groups is 3. The largest absolute Gasteiger partial charge is 0.399 e. The van der Waals surface area contributed by atoms with E-state index in [4.69, 9.17) is 5.73 Å². The molecule has 1 saturated heterocycles. The summed E-state index contributed by atoms with van der Waals surface area (Å²) in [5.74, 6) is -2.05. The first kappa shape index (κ1) is 17.9. The van der Waals surface area contributed by atoms with Crippen LogP contribution in [0.3, 0.4) is 0 Å². The van der Waals surface area contributed by atoms with Crippen molar-refractivity contribution in [3.63, 3.8) is 0 Å². The average Bonchev–Trinajstić information content (AvgIpc) is 2.54. The van der Waals surface area contributed by atoms with Gasteiger partial charge in [0.15, 0.2) is 0 Å². The number of amides is 3. The number of benzene rings is 1. The Labute approximate surface area is 142 Å². The molecule has 0 unspecified atom stereocenters. The van der Waals surface area contributed by atoms with Crippen molar-refractivity contribution in [2.45, 2.75) is 25.8 Å². The first-order chi connectivity index (χ1) is 11.3. The van der Waals surface area contributed by atoms with E-state index in [0.29, 0.717) is 11.4 Å². The molecule has 0 aromatic heterocycles. The summed E-state index contributed by atoms with van der Waals surface area (Å²) in [4.78, 5) is 41.6. The predicted octanol–water partition coefficient (Wildman–Crippen LogP) is 0.701. The summed E-state index contributed by atoms with van der Waals surface area (Å²) in [6, 6.07) is 6.38. The molecule has 0 spiro atoms. The number of piperidine rings is 1. The highest BCUT2D eigenvalue weighted by atomic mass is 16.2. The van der Waals surface area contributed by atoms with Gasteiger partial charge in [0.25, 0.3) is 0 Å². The number of rotatable bonds is 2. The van der Waals surface area contributed by atoms with Gasteiger partial charge in [-0.25, -0.2) is 4.90 Å². The number of hydrogen-bond acceptors (Lipinski definition) is 5. The second-order valence-electron chi connectivity index (χ2n) is 6.21. The molecule has 1 aliphatic rings. The van der Waals surface area contributed by atoms with E-state index >= 15 is 0 Å². The smallest absolute Gasteiger partial charge is 0.323 e. The fraction of sp³-hybridized carbons (Fsp3) is 0.471. The number of nitrogens with two attached hydrogens (primary N) is 1. The van der Waals surface area contributed by atoms with Crippen molar-refractivity contribution in [1.29, 1.82) is 0 Å². The molecule has 0 aliphatic carbocycles. The zero-order valence-corrected chi connectivity index (χ0v) is 14.4. The molecule has 130 valence electrons. The number of nitrogens with zero attached hydrogens (tertiary/aromatic N) is 3. The van der Waals surface area contributed by atoms with Gasteiger partial charge in [-0.2, -0.15) is 0 Å². The fourth-order valence-corrected chi connectivity index (χ4v) is 2.90. The third-order valence-electron chi connectivity index (χ3n) is 4.39. The number of likely N-dealkylation sites (tertiary alicyclic amines) is 1. The highest BCUT2D eigenvalue weighted by Gasteiger charge is 2.33. The monoisotopic (exact) mass is 332 g/mol. The van der Waals surface area contributed by atoms with Crippen LogP contribution in [0.25, 0.3) is 0 Å². The van der Waals surface area contributed by atoms with Crippen LogP contribution in [0, 0.1) is 0 Å². The van der Waals surface area contributed by atoms with Crippen LogP contribution in [-0.4, -0.2) is 60.7 Å². The standard InChI is InChI=1S/C17H24N4O3/c1-12(22)21(15-6-4-5-13(18)11-15)17(24)16(23)20(3)14-7-9-19(2)10-8-14/h4-6,11,14H,7-10,18H2,1-3H3. The second kappa shape index (κ2) is 7.44. The summed E-state index contributed by atoms with van der Waals surface area (Å²) in [5.41, 5.74) is 6.44. The maximum absolute atomic E-state index is 12.6. The summed E-state index contributed by atoms with van der Waals surface area (Å²) < 4.78 is 0. The molecule has 7 heteroatoms. The molecule has 2 rings (SSSR count). The van der Waals surface area contributed by atoms with E-state index in [1.54, 1.807) is 25.2 Å². The van der Waals surface area contributed by atoms with E-state index < -0.39 is 17.7 Å². The topological polar surface area (TPSA) is 87.0 Å². The number of imide groups is 1. The quantitative estimate of drug-likeness (QED) is 0.636. The van der Waals surface area contributed by atoms with Gasteiger partial charge >= 0.3 is 11.8 Å². The van der Waals surface area contributed by atoms with E-state index in [9.17, 15) is 14.4 Å². The van der Waals surface area contributed by atoms with Crippen LogP contribution < -0.4 is 10.6 Å². The third-order valence-corrected chi connectivity index (χ3v) is 4.39. The molecule has 1 aliphatic heterocycles. The van der Waals surface area contributed by atoms with Crippen LogP contribution in [0.4, 0.5) is 11.4 Å². The lowest BCUT2D eigenvalue weighted by Gasteiger charge is -2.35. The zero-order chi connectivity index (χ0) is 17.9. The van der Waals surface area contributed by atoms with E-state index in [-0.39, 0.29) is 6.04 Å². The molecule has 1 aromatic rings. The molecule has 1 heterocycles. The van der Waals surface area contributed by atoms with Gasteiger partial charge in [-0.05, 0) is 51.2 Å². The van der Waals surface area contributed by atoms with Crippen LogP contribution in [0.15, 0.2) is 24.3 Å². The van der Waals surface area contributed by atoms with Crippen molar-refractivity contribution in [3.8, 4) is 0 Å². The zero-order valence-electron chi connectivity index (χ0n) is 14.4. The molecule has 0 atom stereocenters. The van der Waals surface area contributed by atoms with E-state index in [2.05, 4.69) is 4.90 Å². The minimum Gasteiger partial charge on any atom is -0.399 e. The third kappa shape index (κ3) is 3.91. The summed E-state index contributed by atoms with van der Waals surface area (Å²) in [5, 5.41) is 0. The Hall–Kier alpha value is -2.41. The van der Waals surface area contributed by atoms with Crippen molar-refractivity contribution in [2.75, 3.05) is 37.8 Å². The number of nitrogen functional groups attached to an aromatic ring is 1. The molecule has 7 nitrogen and oxygen atoms in total. The van der Waals surface area contributed by atoms with Gasteiger partial charge in [0.05, 0.1) is 5.69 Å². The Balaban J connectivity index is 2.17. The minimum atomic E-state index is -0.852. The van der Waals surface area contributed by atoms with Crippen molar-refractivity contribution < 1.29 is 14.4 Å². The van der Waals surface area contributed by atoms with Gasteiger partial charge in [-0.15, -0.1) is 0 Å². The second-order valence-corrected chi connectivity index (χ2v) is 6.21. The van der Waals surface area contributed by atoms with Gasteiger partial charge < -0.3 is 15.5 Å². The summed E-state index contributed by atoms with van der Waals surface area (Å²) >= 11 is 0. The summed E-state index contributed by atoms with van der Waals surface area (Å²) in [7, 11) is 3.65. The maximum Gasteiger partial charge on any atom is 0.323 e. The summed E-state index contributed by atoms with van der Waals surface area (Å²) in [6.07, 6.45) is 1.62. The molecule has 1 aromatic carbocycles. The van der Waals surface area contributed by atoms with Crippen LogP contribution in [0.5, 0.6) is 0 Å². The minimum absolute atomic E-state index is 0.00676. The fourth-order valence-electron chi connectivity index (χ4n) is 2.90. The molecule has 0 saturated carbocycles. The number of likely N-dealkylation sites (N-methyl/N-ethyl adjacent to an activating group) is 1. The average molecular weight is 332 g/mol. The molecule has 3 amide bonds. The number of hydrogen-bond donors (Lipinski definition) is 1. The Bertz CT molecular complexity index is 638. The normalized spacial score (nSPS) is 15.8. The highest BCUT2D eigenvalue weighted by Crippen LogP contribution is 2.20. The first-order valence-electron chi connectivity index (χ1n) is 7.97.